The molecule has 7 heteroatoms. The molecule has 3 rings (SSSR count). The van der Waals surface area contributed by atoms with Crippen LogP contribution in [0, 0.1) is 0 Å². The largest absolute Gasteiger partial charge is 0.497 e. The fraction of sp³-hybridized carbons (Fsp3) is 0.333. The first-order chi connectivity index (χ1) is 13.5. The summed E-state index contributed by atoms with van der Waals surface area (Å²) in [6, 6.07) is 14.9. The average Bonchev–Trinajstić information content (AvgIpc) is 2.73. The molecule has 28 heavy (non-hydrogen) atoms. The van der Waals surface area contributed by atoms with Gasteiger partial charge in [0, 0.05) is 37.9 Å². The number of para-hydroxylation sites is 1. The lowest BCUT2D eigenvalue weighted by atomic mass is 10.1. The van der Waals surface area contributed by atoms with Crippen molar-refractivity contribution >= 4 is 17.5 Å². The lowest BCUT2D eigenvalue weighted by Crippen LogP contribution is -2.52. The fourth-order valence-corrected chi connectivity index (χ4v) is 3.25. The normalized spacial score (nSPS) is 15.1. The zero-order chi connectivity index (χ0) is 20.1. The van der Waals surface area contributed by atoms with Crippen LogP contribution in [0.2, 0.25) is 0 Å². The zero-order valence-corrected chi connectivity index (χ0v) is 16.1. The third-order valence-corrected chi connectivity index (χ3v) is 4.82. The van der Waals surface area contributed by atoms with Crippen LogP contribution in [-0.4, -0.2) is 56.1 Å². The quantitative estimate of drug-likeness (QED) is 0.824. The van der Waals surface area contributed by atoms with Crippen molar-refractivity contribution in [3.05, 3.63) is 54.1 Å². The van der Waals surface area contributed by atoms with Crippen LogP contribution in [0.3, 0.4) is 0 Å². The van der Waals surface area contributed by atoms with E-state index in [9.17, 15) is 9.59 Å². The molecule has 2 aromatic rings. The minimum absolute atomic E-state index is 0.119. The van der Waals surface area contributed by atoms with Crippen LogP contribution in [-0.2, 0) is 4.79 Å². The number of nitrogens with two attached hydrogens (primary N) is 1. The minimum Gasteiger partial charge on any atom is -0.497 e. The van der Waals surface area contributed by atoms with Crippen molar-refractivity contribution in [2.45, 2.75) is 13.0 Å². The Balaban J connectivity index is 1.63. The second kappa shape index (κ2) is 8.65. The topological polar surface area (TPSA) is 85.1 Å². The van der Waals surface area contributed by atoms with Crippen LogP contribution in [0.1, 0.15) is 17.3 Å². The first kappa shape index (κ1) is 19.5. The van der Waals surface area contributed by atoms with E-state index in [1.807, 2.05) is 18.2 Å². The average molecular weight is 383 g/mol. The number of carbonyl (C=O) groups excluding carboxylic acids is 2. The van der Waals surface area contributed by atoms with Gasteiger partial charge in [-0.2, -0.15) is 0 Å². The maximum atomic E-state index is 12.8. The van der Waals surface area contributed by atoms with Gasteiger partial charge in [-0.05, 0) is 31.2 Å². The number of carbonyl (C=O) groups is 2. The summed E-state index contributed by atoms with van der Waals surface area (Å²) >= 11 is 0. The Kier molecular flexibility index (Phi) is 6.03. The molecule has 148 valence electrons. The molecule has 2 N–H and O–H groups in total. The SMILES string of the molecule is COc1ccc(C(N)=O)c(OC(C)C(=O)N2CCN(c3ccccc3)CC2)c1. The van der Waals surface area contributed by atoms with E-state index in [0.717, 1.165) is 18.8 Å². The number of hydrogen-bond donors (Lipinski definition) is 1. The highest BCUT2D eigenvalue weighted by Crippen LogP contribution is 2.26. The Labute approximate surface area is 164 Å². The van der Waals surface area contributed by atoms with Crippen molar-refractivity contribution in [2.75, 3.05) is 38.2 Å². The molecule has 0 spiro atoms. The van der Waals surface area contributed by atoms with E-state index in [0.29, 0.717) is 18.8 Å². The monoisotopic (exact) mass is 383 g/mol. The molecule has 1 heterocycles. The summed E-state index contributed by atoms with van der Waals surface area (Å²) in [5.41, 5.74) is 6.78. The molecule has 1 saturated heterocycles. The smallest absolute Gasteiger partial charge is 0.263 e. The highest BCUT2D eigenvalue weighted by atomic mass is 16.5. The van der Waals surface area contributed by atoms with E-state index >= 15 is 0 Å². The highest BCUT2D eigenvalue weighted by Gasteiger charge is 2.27. The third kappa shape index (κ3) is 4.36. The molecule has 0 saturated carbocycles. The van der Waals surface area contributed by atoms with E-state index in [1.165, 1.54) is 13.2 Å². The second-order valence-corrected chi connectivity index (χ2v) is 6.63. The van der Waals surface area contributed by atoms with Crippen molar-refractivity contribution < 1.29 is 19.1 Å². The molecule has 1 fully saturated rings. The van der Waals surface area contributed by atoms with Crippen molar-refractivity contribution in [3.8, 4) is 11.5 Å². The third-order valence-electron chi connectivity index (χ3n) is 4.82. The van der Waals surface area contributed by atoms with Crippen LogP contribution in [0.4, 0.5) is 5.69 Å². The number of primary amides is 1. The number of amides is 2. The standard InChI is InChI=1S/C21H25N3O4/c1-15(28-19-14-17(27-2)8-9-18(19)20(22)25)21(26)24-12-10-23(11-13-24)16-6-4-3-5-7-16/h3-9,14-15H,10-13H2,1-2H3,(H2,22,25). The lowest BCUT2D eigenvalue weighted by molar-refractivity contribution is -0.138. The predicted molar refractivity (Wildman–Crippen MR) is 107 cm³/mol. The summed E-state index contributed by atoms with van der Waals surface area (Å²) in [5, 5.41) is 0. The van der Waals surface area contributed by atoms with Crippen LogP contribution in [0.5, 0.6) is 11.5 Å². The Morgan fingerprint density at radius 3 is 2.32 bits per heavy atom. The zero-order valence-electron chi connectivity index (χ0n) is 16.1. The number of piperazine rings is 1. The first-order valence-corrected chi connectivity index (χ1v) is 9.23. The number of anilines is 1. The number of ether oxygens (including phenoxy) is 2. The molecule has 2 aromatic carbocycles. The van der Waals surface area contributed by atoms with Crippen molar-refractivity contribution in [3.63, 3.8) is 0 Å². The molecule has 0 radical (unpaired) electrons. The van der Waals surface area contributed by atoms with E-state index < -0.39 is 12.0 Å². The fourth-order valence-electron chi connectivity index (χ4n) is 3.25. The molecule has 1 atom stereocenters. The number of methoxy groups -OCH3 is 1. The van der Waals surface area contributed by atoms with Gasteiger partial charge in [0.15, 0.2) is 6.10 Å². The van der Waals surface area contributed by atoms with Gasteiger partial charge in [-0.1, -0.05) is 18.2 Å². The molecule has 1 unspecified atom stereocenters. The van der Waals surface area contributed by atoms with Crippen molar-refractivity contribution in [2.24, 2.45) is 5.73 Å². The summed E-state index contributed by atoms with van der Waals surface area (Å²) in [4.78, 5) is 28.5. The van der Waals surface area contributed by atoms with Gasteiger partial charge in [-0.3, -0.25) is 9.59 Å². The maximum Gasteiger partial charge on any atom is 0.263 e. The van der Waals surface area contributed by atoms with Crippen LogP contribution in [0.25, 0.3) is 0 Å². The summed E-state index contributed by atoms with van der Waals surface area (Å²) in [6.07, 6.45) is -0.742. The molecule has 7 nitrogen and oxygen atoms in total. The molecule has 1 aliphatic rings. The van der Waals surface area contributed by atoms with E-state index in [1.54, 1.807) is 24.0 Å². The van der Waals surface area contributed by atoms with E-state index in [-0.39, 0.29) is 17.2 Å². The molecule has 0 aromatic heterocycles. The van der Waals surface area contributed by atoms with Crippen LogP contribution in [0.15, 0.2) is 48.5 Å². The van der Waals surface area contributed by atoms with Crippen molar-refractivity contribution in [1.29, 1.82) is 0 Å². The van der Waals surface area contributed by atoms with Crippen LogP contribution < -0.4 is 20.1 Å². The Bertz CT molecular complexity index is 833. The van der Waals surface area contributed by atoms with Gasteiger partial charge in [-0.25, -0.2) is 0 Å². The first-order valence-electron chi connectivity index (χ1n) is 9.23. The lowest BCUT2D eigenvalue weighted by Gasteiger charge is -2.37. The molecule has 0 bridgehead atoms. The van der Waals surface area contributed by atoms with Crippen molar-refractivity contribution in [1.82, 2.24) is 4.90 Å². The van der Waals surface area contributed by atoms with Gasteiger partial charge in [0.05, 0.1) is 12.7 Å². The Morgan fingerprint density at radius 2 is 1.71 bits per heavy atom. The van der Waals surface area contributed by atoms with Gasteiger partial charge in [0.2, 0.25) is 0 Å². The molecule has 1 aliphatic heterocycles. The highest BCUT2D eigenvalue weighted by molar-refractivity contribution is 5.96. The molecule has 0 aliphatic carbocycles. The van der Waals surface area contributed by atoms with Gasteiger partial charge in [-0.15, -0.1) is 0 Å². The molecular formula is C21H25N3O4. The summed E-state index contributed by atoms with van der Waals surface area (Å²) in [6.45, 7) is 4.42. The summed E-state index contributed by atoms with van der Waals surface area (Å²) in [7, 11) is 1.52. The number of benzene rings is 2. The number of hydrogen-bond acceptors (Lipinski definition) is 5. The molecular weight excluding hydrogens is 358 g/mol. The number of rotatable bonds is 6. The van der Waals surface area contributed by atoms with Gasteiger partial charge < -0.3 is 25.0 Å². The van der Waals surface area contributed by atoms with Crippen LogP contribution >= 0.6 is 0 Å². The van der Waals surface area contributed by atoms with E-state index in [2.05, 4.69) is 17.0 Å². The van der Waals surface area contributed by atoms with E-state index in [4.69, 9.17) is 15.2 Å². The summed E-state index contributed by atoms with van der Waals surface area (Å²) in [5.74, 6) is 0.0338. The Morgan fingerprint density at radius 1 is 1.04 bits per heavy atom. The maximum absolute atomic E-state index is 12.8. The number of nitrogens with zero attached hydrogens (tertiary/aromatic N) is 2. The Hall–Kier alpha value is -3.22. The second-order valence-electron chi connectivity index (χ2n) is 6.63. The minimum atomic E-state index is -0.742. The summed E-state index contributed by atoms with van der Waals surface area (Å²) < 4.78 is 11.0. The predicted octanol–water partition coefficient (Wildman–Crippen LogP) is 1.91. The molecule has 2 amide bonds. The van der Waals surface area contributed by atoms with Gasteiger partial charge >= 0.3 is 0 Å². The van der Waals surface area contributed by atoms with Gasteiger partial charge in [0.25, 0.3) is 11.8 Å². The van der Waals surface area contributed by atoms with Gasteiger partial charge in [0.1, 0.15) is 11.5 Å².